The number of nitrogens with one attached hydrogen (secondary N) is 1. The van der Waals surface area contributed by atoms with Crippen LogP contribution in [0.3, 0.4) is 0 Å². The molecule has 5 heterocycles. The maximum Gasteiger partial charge on any atom is 0.157 e. The number of hydrogen-bond acceptors (Lipinski definition) is 6. The number of terminal acetylenes is 1. The number of phenolic OH excluding ortho intramolecular Hbond substituents is 1. The number of ether oxygens (including phenoxy) is 1. The number of benzene rings is 2. The zero-order valence-electron chi connectivity index (χ0n) is 22.1. The SMILES string of the molecule is C#Cc1c(F)ccc2cc(O)cc(-c3ncc4c(N5CC6CCC(C5)N6)nc(C5=CCOCC5)c(C)c4c3F)c12. The lowest BCUT2D eigenvalue weighted by Crippen LogP contribution is -2.51. The van der Waals surface area contributed by atoms with Crippen molar-refractivity contribution >= 4 is 32.9 Å². The third kappa shape index (κ3) is 3.92. The molecule has 40 heavy (non-hydrogen) atoms. The van der Waals surface area contributed by atoms with Crippen molar-refractivity contribution in [2.75, 3.05) is 31.2 Å². The Labute approximate surface area is 230 Å². The first kappa shape index (κ1) is 24.9. The summed E-state index contributed by atoms with van der Waals surface area (Å²) in [7, 11) is 0. The average molecular weight is 539 g/mol. The monoisotopic (exact) mass is 538 g/mol. The molecule has 2 fully saturated rings. The molecular formula is C32H28F2N4O2. The van der Waals surface area contributed by atoms with Crippen LogP contribution in [0.5, 0.6) is 5.75 Å². The Morgan fingerprint density at radius 3 is 2.65 bits per heavy atom. The molecule has 7 rings (SSSR count). The molecule has 0 amide bonds. The highest BCUT2D eigenvalue weighted by Crippen LogP contribution is 2.41. The van der Waals surface area contributed by atoms with Gasteiger partial charge in [-0.25, -0.2) is 13.8 Å². The number of rotatable bonds is 3. The summed E-state index contributed by atoms with van der Waals surface area (Å²) in [5, 5.41) is 16.0. The van der Waals surface area contributed by atoms with Gasteiger partial charge in [0.2, 0.25) is 0 Å². The first-order valence-corrected chi connectivity index (χ1v) is 13.6. The van der Waals surface area contributed by atoms with E-state index in [1.54, 1.807) is 6.20 Å². The molecule has 8 heteroatoms. The maximum absolute atomic E-state index is 16.9. The minimum atomic E-state index is -0.590. The summed E-state index contributed by atoms with van der Waals surface area (Å²) in [6.45, 7) is 4.52. The van der Waals surface area contributed by atoms with Gasteiger partial charge in [-0.1, -0.05) is 18.1 Å². The molecule has 2 bridgehead atoms. The van der Waals surface area contributed by atoms with E-state index in [4.69, 9.17) is 16.1 Å². The van der Waals surface area contributed by atoms with Crippen molar-refractivity contribution in [3.8, 4) is 29.4 Å². The number of pyridine rings is 2. The Kier molecular flexibility index (Phi) is 5.95. The second kappa shape index (κ2) is 9.54. The lowest BCUT2D eigenvalue weighted by molar-refractivity contribution is 0.161. The van der Waals surface area contributed by atoms with Gasteiger partial charge in [0, 0.05) is 53.1 Å². The normalized spacial score (nSPS) is 20.6. The lowest BCUT2D eigenvalue weighted by Gasteiger charge is -2.35. The number of aromatic nitrogens is 2. The zero-order chi connectivity index (χ0) is 27.5. The van der Waals surface area contributed by atoms with Gasteiger partial charge in [0.25, 0.3) is 0 Å². The summed E-state index contributed by atoms with van der Waals surface area (Å²) in [4.78, 5) is 12.0. The molecule has 2 aromatic carbocycles. The van der Waals surface area contributed by atoms with E-state index in [0.717, 1.165) is 43.0 Å². The zero-order valence-corrected chi connectivity index (χ0v) is 22.1. The minimum Gasteiger partial charge on any atom is -0.508 e. The summed E-state index contributed by atoms with van der Waals surface area (Å²) in [6, 6.07) is 6.40. The minimum absolute atomic E-state index is 0.00281. The Morgan fingerprint density at radius 2 is 1.93 bits per heavy atom. The number of aromatic hydroxyl groups is 1. The molecule has 2 N–H and O–H groups in total. The van der Waals surface area contributed by atoms with Crippen molar-refractivity contribution in [3.63, 3.8) is 0 Å². The number of halogens is 2. The largest absolute Gasteiger partial charge is 0.508 e. The van der Waals surface area contributed by atoms with Gasteiger partial charge in [0.15, 0.2) is 5.82 Å². The molecule has 2 aromatic heterocycles. The van der Waals surface area contributed by atoms with Crippen molar-refractivity contribution in [2.45, 2.75) is 38.3 Å². The number of anilines is 1. The summed E-state index contributed by atoms with van der Waals surface area (Å²) < 4.78 is 37.2. The van der Waals surface area contributed by atoms with Gasteiger partial charge in [-0.05, 0) is 60.9 Å². The highest BCUT2D eigenvalue weighted by atomic mass is 19.1. The molecule has 4 aromatic rings. The third-order valence-corrected chi connectivity index (χ3v) is 8.44. The molecule has 2 atom stereocenters. The second-order valence-corrected chi connectivity index (χ2v) is 10.9. The van der Waals surface area contributed by atoms with Crippen LogP contribution in [0.25, 0.3) is 38.4 Å². The van der Waals surface area contributed by atoms with Crippen molar-refractivity contribution < 1.29 is 18.6 Å². The van der Waals surface area contributed by atoms with Gasteiger partial charge in [-0.2, -0.15) is 0 Å². The standard InChI is InChI=1S/C32H28F2N4O2/c1-3-23-26(33)7-4-19-12-22(39)13-24(28(19)23)31-29(34)27-17(2)30(18-8-10-40-11-9-18)37-32(25(27)14-35-31)38-15-20-5-6-21(16-38)36-20/h1,4,7-8,12-14,20-21,36,39H,5-6,9-11,15-16H2,2H3. The van der Waals surface area contributed by atoms with E-state index in [-0.39, 0.29) is 22.6 Å². The molecule has 0 saturated carbocycles. The van der Waals surface area contributed by atoms with E-state index >= 15 is 4.39 Å². The molecule has 0 aliphatic carbocycles. The molecule has 3 aliphatic heterocycles. The van der Waals surface area contributed by atoms with Crippen molar-refractivity contribution in [2.24, 2.45) is 0 Å². The number of aryl methyl sites for hydroxylation is 1. The van der Waals surface area contributed by atoms with Crippen LogP contribution in [0, 0.1) is 30.9 Å². The lowest BCUT2D eigenvalue weighted by atomic mass is 9.93. The van der Waals surface area contributed by atoms with Gasteiger partial charge < -0.3 is 20.1 Å². The van der Waals surface area contributed by atoms with Crippen LogP contribution in [-0.4, -0.2) is 53.5 Å². The fraction of sp³-hybridized carbons (Fsp3) is 0.312. The number of nitrogens with zero attached hydrogens (tertiary/aromatic N) is 3. The molecule has 3 aliphatic rings. The van der Waals surface area contributed by atoms with Crippen LogP contribution >= 0.6 is 0 Å². The summed E-state index contributed by atoms with van der Waals surface area (Å²) >= 11 is 0. The van der Waals surface area contributed by atoms with Crippen molar-refractivity contribution in [3.05, 3.63) is 65.0 Å². The second-order valence-electron chi connectivity index (χ2n) is 10.9. The van der Waals surface area contributed by atoms with Gasteiger partial charge in [-0.15, -0.1) is 6.42 Å². The van der Waals surface area contributed by atoms with Gasteiger partial charge in [0.1, 0.15) is 23.1 Å². The van der Waals surface area contributed by atoms with Crippen LogP contribution < -0.4 is 10.2 Å². The van der Waals surface area contributed by atoms with Crippen molar-refractivity contribution in [1.82, 2.24) is 15.3 Å². The smallest absolute Gasteiger partial charge is 0.157 e. The predicted octanol–water partition coefficient (Wildman–Crippen LogP) is 5.47. The first-order chi connectivity index (χ1) is 19.4. The van der Waals surface area contributed by atoms with Gasteiger partial charge in [-0.3, -0.25) is 4.98 Å². The topological polar surface area (TPSA) is 70.5 Å². The molecule has 2 unspecified atom stereocenters. The Bertz CT molecular complexity index is 1770. The Morgan fingerprint density at radius 1 is 1.12 bits per heavy atom. The van der Waals surface area contributed by atoms with E-state index in [0.29, 0.717) is 58.8 Å². The van der Waals surface area contributed by atoms with E-state index in [1.165, 1.54) is 24.3 Å². The third-order valence-electron chi connectivity index (χ3n) is 8.44. The highest BCUT2D eigenvalue weighted by Gasteiger charge is 2.34. The fourth-order valence-electron chi connectivity index (χ4n) is 6.60. The fourth-order valence-corrected chi connectivity index (χ4v) is 6.60. The van der Waals surface area contributed by atoms with E-state index in [1.807, 2.05) is 13.0 Å². The molecular weight excluding hydrogens is 510 g/mol. The van der Waals surface area contributed by atoms with Crippen LogP contribution in [-0.2, 0) is 4.74 Å². The van der Waals surface area contributed by atoms with Crippen molar-refractivity contribution in [1.29, 1.82) is 0 Å². The maximum atomic E-state index is 16.9. The van der Waals surface area contributed by atoms with E-state index < -0.39 is 11.6 Å². The molecule has 202 valence electrons. The predicted molar refractivity (Wildman–Crippen MR) is 152 cm³/mol. The number of phenols is 1. The van der Waals surface area contributed by atoms with E-state index in [9.17, 15) is 9.50 Å². The molecule has 6 nitrogen and oxygen atoms in total. The van der Waals surface area contributed by atoms with Gasteiger partial charge >= 0.3 is 0 Å². The molecule has 2 saturated heterocycles. The number of hydrogen-bond donors (Lipinski definition) is 2. The van der Waals surface area contributed by atoms with Gasteiger partial charge in [0.05, 0.1) is 24.5 Å². The first-order valence-electron chi connectivity index (χ1n) is 13.6. The van der Waals surface area contributed by atoms with Crippen LogP contribution in [0.4, 0.5) is 14.6 Å². The summed E-state index contributed by atoms with van der Waals surface area (Å²) in [5.41, 5.74) is 2.74. The van der Waals surface area contributed by atoms with E-state index in [2.05, 4.69) is 21.1 Å². The quantitative estimate of drug-likeness (QED) is 0.337. The van der Waals surface area contributed by atoms with Crippen LogP contribution in [0.15, 0.2) is 36.5 Å². The molecule has 0 radical (unpaired) electrons. The highest BCUT2D eigenvalue weighted by molar-refractivity contribution is 6.04. The molecule has 0 spiro atoms. The average Bonchev–Trinajstić information content (AvgIpc) is 3.30. The Balaban J connectivity index is 1.51. The number of piperazine rings is 1. The summed E-state index contributed by atoms with van der Waals surface area (Å²) in [6.07, 6.45) is 12.3. The van der Waals surface area contributed by atoms with Crippen LogP contribution in [0.1, 0.15) is 36.1 Å². The summed E-state index contributed by atoms with van der Waals surface area (Å²) in [5.74, 6) is 1.89. The van der Waals surface area contributed by atoms with Crippen LogP contribution in [0.2, 0.25) is 0 Å². The Hall–Kier alpha value is -4.06. The number of fused-ring (bicyclic) bond motifs is 4.